The number of para-hydroxylation sites is 1. The van der Waals surface area contributed by atoms with Gasteiger partial charge in [-0.05, 0) is 18.7 Å². The molecule has 2 unspecified atom stereocenters. The van der Waals surface area contributed by atoms with Crippen LogP contribution in [0.25, 0.3) is 0 Å². The normalized spacial score (nSPS) is 22.7. The number of methoxy groups -OCH3 is 1. The Bertz CT molecular complexity index is 383. The topological polar surface area (TPSA) is 41.9 Å². The summed E-state index contributed by atoms with van der Waals surface area (Å²) in [6.07, 6.45) is -0.0552. The summed E-state index contributed by atoms with van der Waals surface area (Å²) in [7, 11) is 3.70. The van der Waals surface area contributed by atoms with Crippen molar-refractivity contribution in [2.75, 3.05) is 33.9 Å². The molecule has 1 aliphatic heterocycles. The number of ether oxygens (including phenoxy) is 2. The third-order valence-corrected chi connectivity index (χ3v) is 3.35. The number of hydrogen-bond acceptors (Lipinski definition) is 4. The molecular weight excluding hydrogens is 230 g/mol. The van der Waals surface area contributed by atoms with Crippen LogP contribution in [0.4, 0.5) is 0 Å². The van der Waals surface area contributed by atoms with E-state index in [1.54, 1.807) is 7.11 Å². The average Bonchev–Trinajstić information content (AvgIpc) is 2.39. The largest absolute Gasteiger partial charge is 0.496 e. The molecule has 1 heterocycles. The van der Waals surface area contributed by atoms with Crippen LogP contribution in [0.15, 0.2) is 24.3 Å². The fraction of sp³-hybridized carbons (Fsp3) is 0.571. The number of nitrogens with zero attached hydrogens (tertiary/aromatic N) is 1. The minimum atomic E-state index is -0.496. The molecule has 0 saturated carbocycles. The summed E-state index contributed by atoms with van der Waals surface area (Å²) in [6.45, 7) is 2.39. The van der Waals surface area contributed by atoms with Crippen molar-refractivity contribution >= 4 is 0 Å². The predicted molar refractivity (Wildman–Crippen MR) is 69.9 cm³/mol. The molecule has 2 rings (SSSR count). The summed E-state index contributed by atoms with van der Waals surface area (Å²) in [6, 6.07) is 7.78. The van der Waals surface area contributed by atoms with Gasteiger partial charge in [0.15, 0.2) is 0 Å². The monoisotopic (exact) mass is 251 g/mol. The first kappa shape index (κ1) is 13.3. The molecule has 0 bridgehead atoms. The van der Waals surface area contributed by atoms with Gasteiger partial charge in [0.25, 0.3) is 0 Å². The molecule has 0 aliphatic carbocycles. The summed E-state index contributed by atoms with van der Waals surface area (Å²) in [4.78, 5) is 2.18. The van der Waals surface area contributed by atoms with Gasteiger partial charge in [0.1, 0.15) is 5.75 Å². The average molecular weight is 251 g/mol. The van der Waals surface area contributed by atoms with Crippen molar-refractivity contribution < 1.29 is 14.6 Å². The van der Waals surface area contributed by atoms with Gasteiger partial charge in [-0.25, -0.2) is 0 Å². The van der Waals surface area contributed by atoms with E-state index in [9.17, 15) is 5.11 Å². The van der Waals surface area contributed by atoms with E-state index in [0.29, 0.717) is 13.0 Å². The molecular formula is C14H21NO3. The van der Waals surface area contributed by atoms with E-state index in [0.717, 1.165) is 24.4 Å². The van der Waals surface area contributed by atoms with Crippen LogP contribution >= 0.6 is 0 Å². The quantitative estimate of drug-likeness (QED) is 0.864. The molecule has 4 heteroatoms. The van der Waals surface area contributed by atoms with Crippen LogP contribution in [0, 0.1) is 0 Å². The van der Waals surface area contributed by atoms with Gasteiger partial charge in [-0.3, -0.25) is 0 Å². The molecule has 0 aromatic heterocycles. The first-order valence-corrected chi connectivity index (χ1v) is 6.31. The molecule has 0 radical (unpaired) electrons. The number of benzene rings is 1. The second-order valence-electron chi connectivity index (χ2n) is 4.75. The first-order chi connectivity index (χ1) is 8.70. The Morgan fingerprint density at radius 1 is 1.50 bits per heavy atom. The standard InChI is InChI=1S/C14H21NO3/c1-15-7-8-18-14(10-15)12(16)9-11-5-3-4-6-13(11)17-2/h3-6,12,14,16H,7-10H2,1-2H3. The fourth-order valence-electron chi connectivity index (χ4n) is 2.27. The van der Waals surface area contributed by atoms with Gasteiger partial charge < -0.3 is 19.5 Å². The van der Waals surface area contributed by atoms with Crippen LogP contribution in [0.3, 0.4) is 0 Å². The number of aliphatic hydroxyl groups is 1. The molecule has 4 nitrogen and oxygen atoms in total. The van der Waals surface area contributed by atoms with E-state index in [1.165, 1.54) is 0 Å². The maximum atomic E-state index is 10.3. The highest BCUT2D eigenvalue weighted by Gasteiger charge is 2.25. The Kier molecular flexibility index (Phi) is 4.58. The molecule has 1 aromatic carbocycles. The number of rotatable bonds is 4. The number of aliphatic hydroxyl groups excluding tert-OH is 1. The highest BCUT2D eigenvalue weighted by Crippen LogP contribution is 2.21. The van der Waals surface area contributed by atoms with Gasteiger partial charge >= 0.3 is 0 Å². The lowest BCUT2D eigenvalue weighted by Gasteiger charge is -2.33. The van der Waals surface area contributed by atoms with Crippen LogP contribution in [0.5, 0.6) is 5.75 Å². The number of hydrogen-bond donors (Lipinski definition) is 1. The molecule has 1 fully saturated rings. The fourth-order valence-corrected chi connectivity index (χ4v) is 2.27. The van der Waals surface area contributed by atoms with Crippen molar-refractivity contribution in [1.29, 1.82) is 0 Å². The molecule has 1 N–H and O–H groups in total. The van der Waals surface area contributed by atoms with Crippen molar-refractivity contribution in [2.24, 2.45) is 0 Å². The minimum Gasteiger partial charge on any atom is -0.496 e. The lowest BCUT2D eigenvalue weighted by atomic mass is 10.0. The summed E-state index contributed by atoms with van der Waals surface area (Å²) in [5.74, 6) is 0.820. The maximum Gasteiger partial charge on any atom is 0.122 e. The van der Waals surface area contributed by atoms with E-state index in [2.05, 4.69) is 4.90 Å². The van der Waals surface area contributed by atoms with Crippen LogP contribution in [-0.2, 0) is 11.2 Å². The molecule has 1 aliphatic rings. The van der Waals surface area contributed by atoms with Crippen LogP contribution in [0.1, 0.15) is 5.56 Å². The third-order valence-electron chi connectivity index (χ3n) is 3.35. The van der Waals surface area contributed by atoms with Gasteiger partial charge in [0, 0.05) is 19.5 Å². The van der Waals surface area contributed by atoms with Crippen LogP contribution < -0.4 is 4.74 Å². The second-order valence-corrected chi connectivity index (χ2v) is 4.75. The predicted octanol–water partition coefficient (Wildman–Crippen LogP) is 0.929. The van der Waals surface area contributed by atoms with Crippen molar-refractivity contribution in [3.63, 3.8) is 0 Å². The highest BCUT2D eigenvalue weighted by molar-refractivity contribution is 5.33. The molecule has 1 aromatic rings. The van der Waals surface area contributed by atoms with Gasteiger partial charge in [0.05, 0.1) is 25.9 Å². The summed E-state index contributed by atoms with van der Waals surface area (Å²) in [5, 5.41) is 10.3. The summed E-state index contributed by atoms with van der Waals surface area (Å²) in [5.41, 5.74) is 1.02. The van der Waals surface area contributed by atoms with E-state index in [4.69, 9.17) is 9.47 Å². The van der Waals surface area contributed by atoms with Crippen molar-refractivity contribution in [2.45, 2.75) is 18.6 Å². The van der Waals surface area contributed by atoms with Crippen molar-refractivity contribution in [3.8, 4) is 5.75 Å². The Labute approximate surface area is 108 Å². The van der Waals surface area contributed by atoms with Crippen LogP contribution in [0.2, 0.25) is 0 Å². The van der Waals surface area contributed by atoms with Crippen LogP contribution in [-0.4, -0.2) is 56.1 Å². The van der Waals surface area contributed by atoms with Crippen molar-refractivity contribution in [1.82, 2.24) is 4.90 Å². The molecule has 0 spiro atoms. The smallest absolute Gasteiger partial charge is 0.122 e. The zero-order valence-electron chi connectivity index (χ0n) is 11.0. The minimum absolute atomic E-state index is 0.117. The second kappa shape index (κ2) is 6.18. The maximum absolute atomic E-state index is 10.3. The molecule has 1 saturated heterocycles. The Morgan fingerprint density at radius 2 is 2.28 bits per heavy atom. The Hall–Kier alpha value is -1.10. The molecule has 0 amide bonds. The van der Waals surface area contributed by atoms with Gasteiger partial charge in [0.2, 0.25) is 0 Å². The van der Waals surface area contributed by atoms with Gasteiger partial charge in [-0.2, -0.15) is 0 Å². The van der Waals surface area contributed by atoms with E-state index >= 15 is 0 Å². The molecule has 18 heavy (non-hydrogen) atoms. The number of morpholine rings is 1. The van der Waals surface area contributed by atoms with Gasteiger partial charge in [-0.1, -0.05) is 18.2 Å². The Balaban J connectivity index is 1.99. The van der Waals surface area contributed by atoms with Gasteiger partial charge in [-0.15, -0.1) is 0 Å². The lowest BCUT2D eigenvalue weighted by molar-refractivity contribution is -0.0824. The van der Waals surface area contributed by atoms with E-state index < -0.39 is 6.10 Å². The summed E-state index contributed by atoms with van der Waals surface area (Å²) >= 11 is 0. The zero-order chi connectivity index (χ0) is 13.0. The third kappa shape index (κ3) is 3.22. The molecule has 100 valence electrons. The van der Waals surface area contributed by atoms with E-state index in [1.807, 2.05) is 31.3 Å². The SMILES string of the molecule is COc1ccccc1CC(O)C1CN(C)CCO1. The summed E-state index contributed by atoms with van der Waals surface area (Å²) < 4.78 is 10.9. The molecule has 2 atom stereocenters. The van der Waals surface area contributed by atoms with E-state index in [-0.39, 0.29) is 6.10 Å². The first-order valence-electron chi connectivity index (χ1n) is 6.31. The Morgan fingerprint density at radius 3 is 3.00 bits per heavy atom. The lowest BCUT2D eigenvalue weighted by Crippen LogP contribution is -2.46. The number of likely N-dealkylation sites (N-methyl/N-ethyl adjacent to an activating group) is 1. The zero-order valence-corrected chi connectivity index (χ0v) is 11.0. The van der Waals surface area contributed by atoms with Crippen molar-refractivity contribution in [3.05, 3.63) is 29.8 Å². The highest BCUT2D eigenvalue weighted by atomic mass is 16.5.